The lowest BCUT2D eigenvalue weighted by Crippen LogP contribution is -2.58. The van der Waals surface area contributed by atoms with Gasteiger partial charge in [0.1, 0.15) is 6.04 Å². The van der Waals surface area contributed by atoms with E-state index in [-0.39, 0.29) is 23.3 Å². The lowest BCUT2D eigenvalue weighted by molar-refractivity contribution is -0.133. The van der Waals surface area contributed by atoms with Gasteiger partial charge in [0.25, 0.3) is 0 Å². The lowest BCUT2D eigenvalue weighted by Gasteiger charge is -2.29. The fraction of sp³-hybridized carbons (Fsp3) is 0.556. The minimum absolute atomic E-state index is 0.00960. The first kappa shape index (κ1) is 16.0. The number of carbonyl (C=O) groups excluding carboxylic acids is 2. The summed E-state index contributed by atoms with van der Waals surface area (Å²) in [5.74, 6) is -0.439. The molecule has 1 aromatic carbocycles. The van der Waals surface area contributed by atoms with Gasteiger partial charge in [-0.25, -0.2) is 0 Å². The molecule has 3 N–H and O–H groups in total. The summed E-state index contributed by atoms with van der Waals surface area (Å²) < 4.78 is 0. The third kappa shape index (κ3) is 3.55. The van der Waals surface area contributed by atoms with Gasteiger partial charge in [0.2, 0.25) is 11.8 Å². The van der Waals surface area contributed by atoms with Crippen molar-refractivity contribution in [2.45, 2.75) is 57.2 Å². The van der Waals surface area contributed by atoms with Crippen LogP contribution in [0.25, 0.3) is 0 Å². The van der Waals surface area contributed by atoms with Gasteiger partial charge < -0.3 is 15.7 Å². The van der Waals surface area contributed by atoms with Crippen LogP contribution in [0.4, 0.5) is 0 Å². The Morgan fingerprint density at radius 1 is 1.22 bits per heavy atom. The maximum atomic E-state index is 12.6. The molecular formula is C18H24N2O3. The number of amides is 2. The molecule has 0 bridgehead atoms. The summed E-state index contributed by atoms with van der Waals surface area (Å²) in [6, 6.07) is 7.26. The predicted octanol–water partition coefficient (Wildman–Crippen LogP) is 0.936. The summed E-state index contributed by atoms with van der Waals surface area (Å²) in [4.78, 5) is 24.5. The molecule has 2 unspecified atom stereocenters. The second-order valence-electron chi connectivity index (χ2n) is 7.17. The summed E-state index contributed by atoms with van der Waals surface area (Å²) in [5.41, 5.74) is 2.11. The average Bonchev–Trinajstić information content (AvgIpc) is 3.26. The maximum Gasteiger partial charge on any atom is 0.245 e. The van der Waals surface area contributed by atoms with Crippen LogP contribution in [-0.2, 0) is 22.4 Å². The van der Waals surface area contributed by atoms with Crippen molar-refractivity contribution in [3.05, 3.63) is 35.4 Å². The number of hydrogen-bond donors (Lipinski definition) is 3. The highest BCUT2D eigenvalue weighted by atomic mass is 16.3. The Morgan fingerprint density at radius 3 is 2.26 bits per heavy atom. The monoisotopic (exact) mass is 316 g/mol. The van der Waals surface area contributed by atoms with Gasteiger partial charge in [0.05, 0.1) is 6.10 Å². The van der Waals surface area contributed by atoms with E-state index < -0.39 is 12.1 Å². The van der Waals surface area contributed by atoms with Crippen LogP contribution in [-0.4, -0.2) is 34.6 Å². The van der Waals surface area contributed by atoms with Crippen molar-refractivity contribution in [2.24, 2.45) is 5.92 Å². The van der Waals surface area contributed by atoms with Gasteiger partial charge in [-0.2, -0.15) is 0 Å². The first-order chi connectivity index (χ1) is 10.9. The van der Waals surface area contributed by atoms with Gasteiger partial charge in [-0.15, -0.1) is 0 Å². The highest BCUT2D eigenvalue weighted by Crippen LogP contribution is 2.30. The molecule has 1 saturated carbocycles. The van der Waals surface area contributed by atoms with Crippen molar-refractivity contribution in [3.63, 3.8) is 0 Å². The van der Waals surface area contributed by atoms with Gasteiger partial charge in [-0.3, -0.25) is 9.59 Å². The zero-order valence-corrected chi connectivity index (χ0v) is 13.6. The number of rotatable bonds is 5. The number of nitrogens with one attached hydrogen (secondary N) is 2. The molecule has 0 aromatic heterocycles. The Balaban J connectivity index is 1.66. The third-order valence-corrected chi connectivity index (χ3v) is 4.72. The smallest absolute Gasteiger partial charge is 0.245 e. The number of hydrogen-bond acceptors (Lipinski definition) is 3. The van der Waals surface area contributed by atoms with Crippen molar-refractivity contribution < 1.29 is 14.7 Å². The molecule has 2 atom stereocenters. The zero-order valence-electron chi connectivity index (χ0n) is 13.6. The van der Waals surface area contributed by atoms with Gasteiger partial charge in [-0.05, 0) is 50.7 Å². The van der Waals surface area contributed by atoms with Crippen LogP contribution in [0, 0.1) is 5.92 Å². The standard InChI is InChI=1S/C18H24N2O3/c1-11(21)15(19-16(22)12-7-8-12)17(23)20-18(2)9-13-5-3-4-6-14(13)10-18/h3-6,11-12,15,21H,7-10H2,1-2H3,(H,19,22)(H,20,23). The van der Waals surface area contributed by atoms with E-state index >= 15 is 0 Å². The second-order valence-corrected chi connectivity index (χ2v) is 7.17. The summed E-state index contributed by atoms with van der Waals surface area (Å²) >= 11 is 0. The average molecular weight is 316 g/mol. The van der Waals surface area contributed by atoms with E-state index in [0.29, 0.717) is 0 Å². The highest BCUT2D eigenvalue weighted by molar-refractivity contribution is 5.90. The molecule has 23 heavy (non-hydrogen) atoms. The zero-order chi connectivity index (χ0) is 16.6. The van der Waals surface area contributed by atoms with E-state index in [2.05, 4.69) is 22.8 Å². The van der Waals surface area contributed by atoms with Crippen LogP contribution < -0.4 is 10.6 Å². The molecule has 2 amide bonds. The summed E-state index contributed by atoms with van der Waals surface area (Å²) in [6.45, 7) is 3.54. The Labute approximate surface area is 136 Å². The fourth-order valence-electron chi connectivity index (χ4n) is 3.29. The third-order valence-electron chi connectivity index (χ3n) is 4.72. The molecule has 0 saturated heterocycles. The first-order valence-electron chi connectivity index (χ1n) is 8.25. The molecule has 2 aliphatic carbocycles. The van der Waals surface area contributed by atoms with Crippen molar-refractivity contribution in [1.29, 1.82) is 0 Å². The van der Waals surface area contributed by atoms with Crippen molar-refractivity contribution in [3.8, 4) is 0 Å². The number of fused-ring (bicyclic) bond motifs is 1. The molecule has 1 aromatic rings. The number of benzene rings is 1. The molecule has 1 fully saturated rings. The van der Waals surface area contributed by atoms with Gasteiger partial charge in [0, 0.05) is 11.5 Å². The predicted molar refractivity (Wildman–Crippen MR) is 86.7 cm³/mol. The SMILES string of the molecule is CC(O)C(NC(=O)C1CC1)C(=O)NC1(C)Cc2ccccc2C1. The van der Waals surface area contributed by atoms with Crippen LogP contribution in [0.5, 0.6) is 0 Å². The quantitative estimate of drug-likeness (QED) is 0.756. The van der Waals surface area contributed by atoms with Crippen molar-refractivity contribution in [2.75, 3.05) is 0 Å². The lowest BCUT2D eigenvalue weighted by atomic mass is 9.97. The highest BCUT2D eigenvalue weighted by Gasteiger charge is 2.38. The van der Waals surface area contributed by atoms with Crippen LogP contribution in [0.15, 0.2) is 24.3 Å². The molecule has 5 heteroatoms. The maximum absolute atomic E-state index is 12.6. The first-order valence-corrected chi connectivity index (χ1v) is 8.25. The van der Waals surface area contributed by atoms with E-state index in [1.54, 1.807) is 0 Å². The van der Waals surface area contributed by atoms with E-state index in [0.717, 1.165) is 25.7 Å². The number of carbonyl (C=O) groups is 2. The van der Waals surface area contributed by atoms with Crippen molar-refractivity contribution in [1.82, 2.24) is 10.6 Å². The Morgan fingerprint density at radius 2 is 1.78 bits per heavy atom. The molecular weight excluding hydrogens is 292 g/mol. The number of aliphatic hydroxyl groups excluding tert-OH is 1. The molecule has 124 valence electrons. The van der Waals surface area contributed by atoms with Gasteiger partial charge >= 0.3 is 0 Å². The summed E-state index contributed by atoms with van der Waals surface area (Å²) in [7, 11) is 0. The summed E-state index contributed by atoms with van der Waals surface area (Å²) in [6.07, 6.45) is 2.33. The van der Waals surface area contributed by atoms with Crippen LogP contribution in [0.1, 0.15) is 37.8 Å². The Bertz CT molecular complexity index is 597. The Hall–Kier alpha value is -1.88. The van der Waals surface area contributed by atoms with E-state index in [1.807, 2.05) is 19.1 Å². The van der Waals surface area contributed by atoms with E-state index in [1.165, 1.54) is 18.1 Å². The van der Waals surface area contributed by atoms with E-state index in [9.17, 15) is 14.7 Å². The molecule has 5 nitrogen and oxygen atoms in total. The molecule has 2 aliphatic rings. The minimum atomic E-state index is -0.926. The van der Waals surface area contributed by atoms with Crippen LogP contribution >= 0.6 is 0 Å². The molecule has 0 heterocycles. The number of aliphatic hydroxyl groups is 1. The topological polar surface area (TPSA) is 78.4 Å². The summed E-state index contributed by atoms with van der Waals surface area (Å²) in [5, 5.41) is 15.6. The van der Waals surface area contributed by atoms with Crippen LogP contribution in [0.2, 0.25) is 0 Å². The van der Waals surface area contributed by atoms with Crippen molar-refractivity contribution >= 4 is 11.8 Å². The molecule has 0 spiro atoms. The largest absolute Gasteiger partial charge is 0.391 e. The molecule has 0 radical (unpaired) electrons. The van der Waals surface area contributed by atoms with E-state index in [4.69, 9.17) is 0 Å². The van der Waals surface area contributed by atoms with Gasteiger partial charge in [0.15, 0.2) is 0 Å². The molecule has 3 rings (SSSR count). The normalized spacial score (nSPS) is 21.2. The molecule has 0 aliphatic heterocycles. The fourth-order valence-corrected chi connectivity index (χ4v) is 3.29. The van der Waals surface area contributed by atoms with Crippen LogP contribution in [0.3, 0.4) is 0 Å². The minimum Gasteiger partial charge on any atom is -0.391 e. The second kappa shape index (κ2) is 5.96. The Kier molecular flexibility index (Phi) is 4.15. The van der Waals surface area contributed by atoms with Gasteiger partial charge in [-0.1, -0.05) is 24.3 Å².